The fourth-order valence-electron chi connectivity index (χ4n) is 2.06. The first-order valence-corrected chi connectivity index (χ1v) is 8.67. The van der Waals surface area contributed by atoms with Crippen LogP contribution in [0.2, 0.25) is 5.02 Å². The zero-order valence-corrected chi connectivity index (χ0v) is 13.6. The molecular formula is C16H18ClNO2S. The van der Waals surface area contributed by atoms with Gasteiger partial charge in [-0.15, -0.1) is 0 Å². The molecule has 0 saturated heterocycles. The third-order valence-electron chi connectivity index (χ3n) is 3.47. The van der Waals surface area contributed by atoms with Crippen molar-refractivity contribution in [3.05, 3.63) is 59.1 Å². The van der Waals surface area contributed by atoms with Crippen LogP contribution >= 0.6 is 11.6 Å². The summed E-state index contributed by atoms with van der Waals surface area (Å²) in [5, 5.41) is 0.508. The molecule has 0 aromatic heterocycles. The summed E-state index contributed by atoms with van der Waals surface area (Å²) in [5.41, 5.74) is 1.62. The fourth-order valence-corrected chi connectivity index (χ4v) is 3.27. The van der Waals surface area contributed by atoms with Gasteiger partial charge in [0.25, 0.3) is 10.0 Å². The van der Waals surface area contributed by atoms with Crippen LogP contribution in [0.1, 0.15) is 31.7 Å². The third kappa shape index (κ3) is 3.77. The molecule has 2 aromatic carbocycles. The molecule has 5 heteroatoms. The minimum atomic E-state index is -3.60. The molecule has 0 spiro atoms. The van der Waals surface area contributed by atoms with Crippen LogP contribution in [0.3, 0.4) is 0 Å². The molecule has 0 aliphatic heterocycles. The van der Waals surface area contributed by atoms with E-state index in [0.29, 0.717) is 10.7 Å². The summed E-state index contributed by atoms with van der Waals surface area (Å²) >= 11 is 5.79. The first-order chi connectivity index (χ1) is 9.94. The van der Waals surface area contributed by atoms with Crippen molar-refractivity contribution >= 4 is 27.3 Å². The van der Waals surface area contributed by atoms with E-state index < -0.39 is 10.0 Å². The lowest BCUT2D eigenvalue weighted by molar-refractivity contribution is 0.601. The minimum Gasteiger partial charge on any atom is -0.279 e. The van der Waals surface area contributed by atoms with Crippen LogP contribution in [0.15, 0.2) is 53.4 Å². The molecule has 3 nitrogen and oxygen atoms in total. The van der Waals surface area contributed by atoms with Gasteiger partial charge in [0.05, 0.1) is 10.6 Å². The van der Waals surface area contributed by atoms with Gasteiger partial charge in [0.2, 0.25) is 0 Å². The second-order valence-electron chi connectivity index (χ2n) is 4.96. The number of sulfonamides is 1. The quantitative estimate of drug-likeness (QED) is 0.870. The van der Waals surface area contributed by atoms with Gasteiger partial charge in [-0.25, -0.2) is 8.42 Å². The van der Waals surface area contributed by atoms with Crippen LogP contribution in [0, 0.1) is 0 Å². The second kappa shape index (κ2) is 6.50. The molecule has 2 rings (SSSR count). The number of hydrogen-bond donors (Lipinski definition) is 1. The van der Waals surface area contributed by atoms with Gasteiger partial charge in [-0.2, -0.15) is 0 Å². The number of anilines is 1. The minimum absolute atomic E-state index is 0.200. The number of hydrogen-bond acceptors (Lipinski definition) is 2. The Kier molecular flexibility index (Phi) is 4.91. The molecule has 0 heterocycles. The van der Waals surface area contributed by atoms with Gasteiger partial charge >= 0.3 is 0 Å². The van der Waals surface area contributed by atoms with E-state index >= 15 is 0 Å². The number of rotatable bonds is 5. The van der Waals surface area contributed by atoms with Crippen molar-refractivity contribution in [1.29, 1.82) is 0 Å². The molecule has 1 N–H and O–H groups in total. The highest BCUT2D eigenvalue weighted by Gasteiger charge is 2.17. The van der Waals surface area contributed by atoms with Gasteiger partial charge in [0.15, 0.2) is 0 Å². The van der Waals surface area contributed by atoms with E-state index in [1.807, 2.05) is 18.2 Å². The third-order valence-corrected chi connectivity index (χ3v) is 5.11. The van der Waals surface area contributed by atoms with E-state index in [4.69, 9.17) is 11.6 Å². The molecular weight excluding hydrogens is 306 g/mol. The van der Waals surface area contributed by atoms with E-state index in [9.17, 15) is 8.42 Å². The van der Waals surface area contributed by atoms with E-state index in [1.54, 1.807) is 18.2 Å². The average Bonchev–Trinajstić information content (AvgIpc) is 2.47. The number of para-hydroxylation sites is 1. The molecule has 21 heavy (non-hydrogen) atoms. The highest BCUT2D eigenvalue weighted by molar-refractivity contribution is 7.92. The summed E-state index contributed by atoms with van der Waals surface area (Å²) in [6, 6.07) is 13.6. The molecule has 1 unspecified atom stereocenters. The summed E-state index contributed by atoms with van der Waals surface area (Å²) in [6.45, 7) is 4.16. The topological polar surface area (TPSA) is 46.2 Å². The van der Waals surface area contributed by atoms with Crippen LogP contribution < -0.4 is 4.72 Å². The Bertz CT molecular complexity index is 711. The molecule has 1 atom stereocenters. The number of nitrogens with one attached hydrogen (secondary N) is 1. The Morgan fingerprint density at radius 2 is 1.71 bits per heavy atom. The lowest BCUT2D eigenvalue weighted by Gasteiger charge is -2.16. The van der Waals surface area contributed by atoms with Crippen molar-refractivity contribution in [3.63, 3.8) is 0 Å². The van der Waals surface area contributed by atoms with Crippen LogP contribution in [0.5, 0.6) is 0 Å². The number of benzene rings is 2. The van der Waals surface area contributed by atoms with Crippen LogP contribution in [-0.2, 0) is 10.0 Å². The Hall–Kier alpha value is -1.52. The smallest absolute Gasteiger partial charge is 0.261 e. The van der Waals surface area contributed by atoms with Crippen molar-refractivity contribution in [2.24, 2.45) is 0 Å². The lowest BCUT2D eigenvalue weighted by Crippen LogP contribution is -2.14. The monoisotopic (exact) mass is 323 g/mol. The van der Waals surface area contributed by atoms with E-state index in [1.165, 1.54) is 12.1 Å². The van der Waals surface area contributed by atoms with Gasteiger partial charge in [-0.1, -0.05) is 43.6 Å². The predicted octanol–water partition coefficient (Wildman–Crippen LogP) is 4.65. The number of halogens is 1. The van der Waals surface area contributed by atoms with Gasteiger partial charge in [0.1, 0.15) is 0 Å². The Morgan fingerprint density at radius 3 is 2.33 bits per heavy atom. The predicted molar refractivity (Wildman–Crippen MR) is 87.4 cm³/mol. The summed E-state index contributed by atoms with van der Waals surface area (Å²) in [6.07, 6.45) is 0.944. The molecule has 0 aliphatic rings. The zero-order valence-electron chi connectivity index (χ0n) is 12.0. The molecule has 0 bridgehead atoms. The fraction of sp³-hybridized carbons (Fsp3) is 0.250. The molecule has 112 valence electrons. The zero-order chi connectivity index (χ0) is 15.5. The molecule has 0 aliphatic carbocycles. The van der Waals surface area contributed by atoms with Gasteiger partial charge in [-0.05, 0) is 48.2 Å². The molecule has 0 amide bonds. The van der Waals surface area contributed by atoms with E-state index in [2.05, 4.69) is 18.6 Å². The molecule has 0 saturated carbocycles. The first kappa shape index (κ1) is 15.9. The molecule has 2 aromatic rings. The van der Waals surface area contributed by atoms with Crippen molar-refractivity contribution in [3.8, 4) is 0 Å². The molecule has 0 fully saturated rings. The summed E-state index contributed by atoms with van der Waals surface area (Å²) in [7, 11) is -3.60. The van der Waals surface area contributed by atoms with Crippen molar-refractivity contribution in [2.75, 3.05) is 4.72 Å². The van der Waals surface area contributed by atoms with Crippen LogP contribution in [0.4, 0.5) is 5.69 Å². The van der Waals surface area contributed by atoms with Crippen molar-refractivity contribution in [1.82, 2.24) is 0 Å². The Labute approximate surface area is 131 Å². The Balaban J connectivity index is 2.35. The summed E-state index contributed by atoms with van der Waals surface area (Å²) in [5.74, 6) is 0.286. The van der Waals surface area contributed by atoms with E-state index in [-0.39, 0.29) is 10.8 Å². The Morgan fingerprint density at radius 1 is 1.10 bits per heavy atom. The largest absolute Gasteiger partial charge is 0.279 e. The maximum atomic E-state index is 12.4. The van der Waals surface area contributed by atoms with Gasteiger partial charge in [-0.3, -0.25) is 4.72 Å². The summed E-state index contributed by atoms with van der Waals surface area (Å²) in [4.78, 5) is 0.200. The lowest BCUT2D eigenvalue weighted by atomic mass is 9.97. The maximum absolute atomic E-state index is 12.4. The second-order valence-corrected chi connectivity index (χ2v) is 7.07. The normalized spacial score (nSPS) is 12.9. The SMILES string of the molecule is CCC(C)c1ccccc1NS(=O)(=O)c1ccc(Cl)cc1. The summed E-state index contributed by atoms with van der Waals surface area (Å²) < 4.78 is 27.5. The van der Waals surface area contributed by atoms with Gasteiger partial charge < -0.3 is 0 Å². The molecule has 0 radical (unpaired) electrons. The average molecular weight is 324 g/mol. The van der Waals surface area contributed by atoms with E-state index in [0.717, 1.165) is 12.0 Å². The van der Waals surface area contributed by atoms with Crippen molar-refractivity contribution in [2.45, 2.75) is 31.1 Å². The van der Waals surface area contributed by atoms with Gasteiger partial charge in [0, 0.05) is 5.02 Å². The highest BCUT2D eigenvalue weighted by atomic mass is 35.5. The maximum Gasteiger partial charge on any atom is 0.261 e. The van der Waals surface area contributed by atoms with Crippen molar-refractivity contribution < 1.29 is 8.42 Å². The van der Waals surface area contributed by atoms with Crippen LogP contribution in [0.25, 0.3) is 0 Å². The standard InChI is InChI=1S/C16H18ClNO2S/c1-3-12(2)15-6-4-5-7-16(15)18-21(19,20)14-10-8-13(17)9-11-14/h4-12,18H,3H2,1-2H3. The highest BCUT2D eigenvalue weighted by Crippen LogP contribution is 2.28. The van der Waals surface area contributed by atoms with Crippen LogP contribution in [-0.4, -0.2) is 8.42 Å². The first-order valence-electron chi connectivity index (χ1n) is 6.81.